The smallest absolute Gasteiger partial charge is 0.257 e. The molecule has 0 saturated carbocycles. The lowest BCUT2D eigenvalue weighted by Gasteiger charge is -2.36. The second-order valence-electron chi connectivity index (χ2n) is 6.84. The van der Waals surface area contributed by atoms with Gasteiger partial charge in [0.2, 0.25) is 0 Å². The third-order valence-corrected chi connectivity index (χ3v) is 6.35. The van der Waals surface area contributed by atoms with Crippen LogP contribution in [0.25, 0.3) is 0 Å². The second-order valence-corrected chi connectivity index (χ2v) is 8.58. The van der Waals surface area contributed by atoms with E-state index in [4.69, 9.17) is 0 Å². The number of imidazole rings is 1. The largest absolute Gasteiger partial charge is 0.332 e. The number of H-pyrrole nitrogens is 1. The van der Waals surface area contributed by atoms with Gasteiger partial charge in [0.05, 0.1) is 6.20 Å². The minimum atomic E-state index is -3.51. The van der Waals surface area contributed by atoms with E-state index in [0.29, 0.717) is 24.8 Å². The van der Waals surface area contributed by atoms with E-state index in [2.05, 4.69) is 43.9 Å². The quantitative estimate of drug-likeness (QED) is 0.742. The Morgan fingerprint density at radius 1 is 1.27 bits per heavy atom. The first kappa shape index (κ1) is 19.1. The molecule has 7 heteroatoms. The van der Waals surface area contributed by atoms with Crippen molar-refractivity contribution in [2.24, 2.45) is 0 Å². The van der Waals surface area contributed by atoms with E-state index in [1.165, 1.54) is 24.6 Å². The number of nitrogens with one attached hydrogen (secondary N) is 2. The van der Waals surface area contributed by atoms with Crippen LogP contribution in [-0.2, 0) is 23.0 Å². The van der Waals surface area contributed by atoms with Crippen molar-refractivity contribution in [3.05, 3.63) is 47.9 Å². The minimum Gasteiger partial charge on any atom is -0.332 e. The van der Waals surface area contributed by atoms with Crippen LogP contribution in [0.3, 0.4) is 0 Å². The lowest BCUT2D eigenvalue weighted by Crippen LogP contribution is -2.41. The highest BCUT2D eigenvalue weighted by Crippen LogP contribution is 2.22. The van der Waals surface area contributed by atoms with Gasteiger partial charge in [-0.25, -0.2) is 18.1 Å². The van der Waals surface area contributed by atoms with Gasteiger partial charge in [-0.2, -0.15) is 0 Å². The first-order valence-corrected chi connectivity index (χ1v) is 10.9. The maximum absolute atomic E-state index is 12.4. The number of sulfonamides is 1. The van der Waals surface area contributed by atoms with Crippen LogP contribution < -0.4 is 4.72 Å². The van der Waals surface area contributed by atoms with E-state index in [9.17, 15) is 8.42 Å². The number of likely N-dealkylation sites (tertiary alicyclic amines) is 1. The Balaban J connectivity index is 1.55. The molecule has 1 aromatic heterocycles. The average Bonchev–Trinajstić information content (AvgIpc) is 3.14. The Kier molecular flexibility index (Phi) is 6.45. The van der Waals surface area contributed by atoms with Gasteiger partial charge in [-0.15, -0.1) is 0 Å². The number of hydrogen-bond donors (Lipinski definition) is 2. The molecular formula is C19H28N4O2S. The molecule has 1 fully saturated rings. The fraction of sp³-hybridized carbons (Fsp3) is 0.526. The SMILES string of the molecule is CCc1ncc(S(=O)(=O)NCC[C@@H]2CCCCN2Cc2ccccc2)[nH]1. The maximum atomic E-state index is 12.4. The molecule has 0 amide bonds. The van der Waals surface area contributed by atoms with Crippen molar-refractivity contribution < 1.29 is 8.42 Å². The topological polar surface area (TPSA) is 78.1 Å². The average molecular weight is 377 g/mol. The zero-order chi connectivity index (χ0) is 18.4. The Hall–Kier alpha value is -1.70. The minimum absolute atomic E-state index is 0.152. The lowest BCUT2D eigenvalue weighted by atomic mass is 9.98. The number of rotatable bonds is 8. The van der Waals surface area contributed by atoms with Crippen LogP contribution in [0.15, 0.2) is 41.6 Å². The Morgan fingerprint density at radius 2 is 2.08 bits per heavy atom. The van der Waals surface area contributed by atoms with E-state index in [1.807, 2.05) is 13.0 Å². The molecule has 1 saturated heterocycles. The second kappa shape index (κ2) is 8.79. The summed E-state index contributed by atoms with van der Waals surface area (Å²) in [6, 6.07) is 10.9. The summed E-state index contributed by atoms with van der Waals surface area (Å²) in [5.41, 5.74) is 1.31. The monoisotopic (exact) mass is 376 g/mol. The zero-order valence-corrected chi connectivity index (χ0v) is 16.1. The van der Waals surface area contributed by atoms with Crippen LogP contribution >= 0.6 is 0 Å². The predicted octanol–water partition coefficient (Wildman–Crippen LogP) is 2.70. The molecule has 1 aliphatic heterocycles. The van der Waals surface area contributed by atoms with Crippen molar-refractivity contribution in [3.8, 4) is 0 Å². The number of benzene rings is 1. The standard InChI is InChI=1S/C19H28N4O2S/c1-2-18-20-14-19(22-18)26(24,25)21-12-11-17-10-6-7-13-23(17)15-16-8-4-3-5-9-16/h3-5,8-9,14,17,21H,2,6-7,10-13,15H2,1H3,(H,20,22)/t17-/m0/s1. The van der Waals surface area contributed by atoms with Gasteiger partial charge in [0.1, 0.15) is 5.82 Å². The highest BCUT2D eigenvalue weighted by Gasteiger charge is 2.23. The van der Waals surface area contributed by atoms with Crippen LogP contribution in [-0.4, -0.2) is 42.4 Å². The fourth-order valence-corrected chi connectivity index (χ4v) is 4.50. The summed E-state index contributed by atoms with van der Waals surface area (Å²) >= 11 is 0. The van der Waals surface area contributed by atoms with Crippen LogP contribution in [0.2, 0.25) is 0 Å². The van der Waals surface area contributed by atoms with Gasteiger partial charge in [0, 0.05) is 25.6 Å². The molecule has 6 nitrogen and oxygen atoms in total. The van der Waals surface area contributed by atoms with Crippen LogP contribution in [0.5, 0.6) is 0 Å². The summed E-state index contributed by atoms with van der Waals surface area (Å²) in [5.74, 6) is 0.687. The Labute approximate surface area is 156 Å². The number of hydrogen-bond acceptors (Lipinski definition) is 4. The Morgan fingerprint density at radius 3 is 2.81 bits per heavy atom. The van der Waals surface area contributed by atoms with Crippen LogP contribution in [0.1, 0.15) is 44.0 Å². The summed E-state index contributed by atoms with van der Waals surface area (Å²) < 4.78 is 27.5. The maximum Gasteiger partial charge on any atom is 0.257 e. The van der Waals surface area contributed by atoms with E-state index in [1.54, 1.807) is 0 Å². The number of aromatic amines is 1. The summed E-state index contributed by atoms with van der Waals surface area (Å²) in [7, 11) is -3.51. The first-order chi connectivity index (χ1) is 12.6. The van der Waals surface area contributed by atoms with E-state index >= 15 is 0 Å². The fourth-order valence-electron chi connectivity index (χ4n) is 3.51. The molecule has 142 valence electrons. The van der Waals surface area contributed by atoms with Crippen molar-refractivity contribution in [2.45, 2.75) is 56.6 Å². The molecular weight excluding hydrogens is 348 g/mol. The van der Waals surface area contributed by atoms with Crippen molar-refractivity contribution in [1.29, 1.82) is 0 Å². The number of aromatic nitrogens is 2. The lowest BCUT2D eigenvalue weighted by molar-refractivity contribution is 0.133. The molecule has 3 rings (SSSR count). The van der Waals surface area contributed by atoms with Gasteiger partial charge >= 0.3 is 0 Å². The molecule has 2 aromatic rings. The molecule has 1 aliphatic rings. The highest BCUT2D eigenvalue weighted by atomic mass is 32.2. The molecule has 2 heterocycles. The summed E-state index contributed by atoms with van der Waals surface area (Å²) in [6.07, 6.45) is 6.45. The van der Waals surface area contributed by atoms with E-state index in [-0.39, 0.29) is 5.03 Å². The molecule has 0 radical (unpaired) electrons. The molecule has 1 atom stereocenters. The van der Waals surface area contributed by atoms with Gasteiger partial charge in [0.25, 0.3) is 10.0 Å². The number of piperidine rings is 1. The van der Waals surface area contributed by atoms with Gasteiger partial charge < -0.3 is 4.98 Å². The normalized spacial score (nSPS) is 18.9. The van der Waals surface area contributed by atoms with E-state index < -0.39 is 10.0 Å². The third kappa shape index (κ3) is 4.93. The predicted molar refractivity (Wildman–Crippen MR) is 102 cm³/mol. The summed E-state index contributed by atoms with van der Waals surface area (Å²) in [4.78, 5) is 9.42. The summed E-state index contributed by atoms with van der Waals surface area (Å²) in [5, 5.41) is 0.152. The summed E-state index contributed by atoms with van der Waals surface area (Å²) in [6.45, 7) is 4.39. The molecule has 0 aliphatic carbocycles. The van der Waals surface area contributed by atoms with Crippen molar-refractivity contribution in [3.63, 3.8) is 0 Å². The molecule has 26 heavy (non-hydrogen) atoms. The molecule has 0 spiro atoms. The van der Waals surface area contributed by atoms with Gasteiger partial charge in [-0.1, -0.05) is 43.7 Å². The van der Waals surface area contributed by atoms with Crippen molar-refractivity contribution >= 4 is 10.0 Å². The van der Waals surface area contributed by atoms with E-state index in [0.717, 1.165) is 25.9 Å². The Bertz CT molecular complexity index is 789. The molecule has 1 aromatic carbocycles. The molecule has 2 N–H and O–H groups in total. The van der Waals surface area contributed by atoms with Crippen molar-refractivity contribution in [1.82, 2.24) is 19.6 Å². The molecule has 0 unspecified atom stereocenters. The van der Waals surface area contributed by atoms with Gasteiger partial charge in [0.15, 0.2) is 5.03 Å². The molecule has 0 bridgehead atoms. The first-order valence-electron chi connectivity index (χ1n) is 9.40. The van der Waals surface area contributed by atoms with Crippen LogP contribution in [0.4, 0.5) is 0 Å². The van der Waals surface area contributed by atoms with Gasteiger partial charge in [-0.05, 0) is 31.4 Å². The third-order valence-electron chi connectivity index (χ3n) is 4.98. The zero-order valence-electron chi connectivity index (χ0n) is 15.3. The van der Waals surface area contributed by atoms with Gasteiger partial charge in [-0.3, -0.25) is 4.90 Å². The van der Waals surface area contributed by atoms with Crippen LogP contribution in [0, 0.1) is 0 Å². The number of aryl methyl sites for hydroxylation is 1. The number of nitrogens with zero attached hydrogens (tertiary/aromatic N) is 2. The van der Waals surface area contributed by atoms with Crippen molar-refractivity contribution in [2.75, 3.05) is 13.1 Å². The highest BCUT2D eigenvalue weighted by molar-refractivity contribution is 7.89.